The highest BCUT2D eigenvalue weighted by Gasteiger charge is 2.14. The highest BCUT2D eigenvalue weighted by atomic mass is 79.9. The second-order valence-electron chi connectivity index (χ2n) is 3.12. The van der Waals surface area contributed by atoms with E-state index < -0.39 is 0 Å². The number of rotatable bonds is 1. The first-order valence-corrected chi connectivity index (χ1v) is 6.33. The molecule has 0 radical (unpaired) electrons. The molecule has 0 spiro atoms. The molecule has 1 aromatic carbocycles. The van der Waals surface area contributed by atoms with Gasteiger partial charge >= 0.3 is 0 Å². The monoisotopic (exact) mass is 358 g/mol. The van der Waals surface area contributed by atoms with Crippen molar-refractivity contribution in [3.05, 3.63) is 43.9 Å². The van der Waals surface area contributed by atoms with Crippen molar-refractivity contribution in [1.82, 2.24) is 4.98 Å². The molecule has 0 bridgehead atoms. The highest BCUT2D eigenvalue weighted by molar-refractivity contribution is 9.11. The van der Waals surface area contributed by atoms with Crippen LogP contribution < -0.4 is 0 Å². The predicted octanol–water partition coefficient (Wildman–Crippen LogP) is 4.73. The topological polar surface area (TPSA) is 39.6 Å². The number of aromatic amines is 1. The molecule has 80 valence electrons. The Labute approximate surface area is 114 Å². The van der Waals surface area contributed by atoms with E-state index in [4.69, 9.17) is 16.9 Å². The van der Waals surface area contributed by atoms with Gasteiger partial charge in [-0.2, -0.15) is 5.26 Å². The molecule has 0 saturated heterocycles. The number of halogens is 3. The van der Waals surface area contributed by atoms with Crippen LogP contribution in [0.4, 0.5) is 0 Å². The third kappa shape index (κ3) is 2.03. The lowest BCUT2D eigenvalue weighted by Gasteiger charge is -1.99. The van der Waals surface area contributed by atoms with Gasteiger partial charge in [0, 0.05) is 5.02 Å². The summed E-state index contributed by atoms with van der Waals surface area (Å²) in [5.74, 6) is 0. The lowest BCUT2D eigenvalue weighted by molar-refractivity contribution is 1.34. The van der Waals surface area contributed by atoms with Crippen LogP contribution >= 0.6 is 43.5 Å². The zero-order valence-corrected chi connectivity index (χ0v) is 11.8. The van der Waals surface area contributed by atoms with Crippen LogP contribution in [0.3, 0.4) is 0 Å². The fourth-order valence-corrected chi connectivity index (χ4v) is 2.85. The van der Waals surface area contributed by atoms with Gasteiger partial charge in [0.05, 0.1) is 15.7 Å². The number of aromatic nitrogens is 1. The van der Waals surface area contributed by atoms with Crippen LogP contribution in [0, 0.1) is 11.3 Å². The fourth-order valence-electron chi connectivity index (χ4n) is 1.36. The molecule has 2 rings (SSSR count). The fraction of sp³-hybridized carbons (Fsp3) is 0. The van der Waals surface area contributed by atoms with E-state index in [1.54, 1.807) is 0 Å². The molecule has 1 heterocycles. The first-order chi connectivity index (χ1) is 7.63. The van der Waals surface area contributed by atoms with Crippen LogP contribution in [0.15, 0.2) is 33.3 Å². The quantitative estimate of drug-likeness (QED) is 0.784. The second kappa shape index (κ2) is 4.62. The molecule has 0 saturated carbocycles. The smallest absolute Gasteiger partial charge is 0.103 e. The van der Waals surface area contributed by atoms with E-state index in [9.17, 15) is 0 Å². The summed E-state index contributed by atoms with van der Waals surface area (Å²) in [4.78, 5) is 3.10. The molecule has 1 aromatic heterocycles. The van der Waals surface area contributed by atoms with Gasteiger partial charge in [0.1, 0.15) is 10.7 Å². The summed E-state index contributed by atoms with van der Waals surface area (Å²) in [5.41, 5.74) is 2.39. The molecule has 2 aromatic rings. The molecule has 1 N–H and O–H groups in total. The third-order valence-corrected chi connectivity index (χ3v) is 3.78. The summed E-state index contributed by atoms with van der Waals surface area (Å²) >= 11 is 12.5. The van der Waals surface area contributed by atoms with Crippen molar-refractivity contribution in [1.29, 1.82) is 5.26 Å². The molecule has 5 heteroatoms. The molecule has 0 aliphatic heterocycles. The molecule has 0 fully saturated rings. The summed E-state index contributed by atoms with van der Waals surface area (Å²) in [7, 11) is 0. The standard InChI is InChI=1S/C11H5Br2ClN2/c12-9-8(5-15)11(13)16-10(9)6-1-3-7(14)4-2-6/h1-4,16H. The molecule has 16 heavy (non-hydrogen) atoms. The Morgan fingerprint density at radius 1 is 1.19 bits per heavy atom. The van der Waals surface area contributed by atoms with Crippen molar-refractivity contribution in [2.75, 3.05) is 0 Å². The molecule has 2 nitrogen and oxygen atoms in total. The number of nitrogens with one attached hydrogen (secondary N) is 1. The number of benzene rings is 1. The van der Waals surface area contributed by atoms with E-state index in [2.05, 4.69) is 42.9 Å². The maximum Gasteiger partial charge on any atom is 0.103 e. The van der Waals surface area contributed by atoms with Crippen LogP contribution in [-0.2, 0) is 0 Å². The second-order valence-corrected chi connectivity index (χ2v) is 5.14. The Balaban J connectivity index is 2.58. The van der Waals surface area contributed by atoms with E-state index >= 15 is 0 Å². The van der Waals surface area contributed by atoms with Crippen LogP contribution in [0.1, 0.15) is 5.56 Å². The van der Waals surface area contributed by atoms with E-state index in [1.165, 1.54) is 0 Å². The summed E-state index contributed by atoms with van der Waals surface area (Å²) in [6, 6.07) is 9.52. The molecule has 0 aliphatic rings. The van der Waals surface area contributed by atoms with Gasteiger partial charge in [-0.1, -0.05) is 23.7 Å². The minimum atomic E-state index is 0.560. The largest absolute Gasteiger partial charge is 0.347 e. The van der Waals surface area contributed by atoms with E-state index in [-0.39, 0.29) is 0 Å². The van der Waals surface area contributed by atoms with Crippen LogP contribution in [-0.4, -0.2) is 4.98 Å². The average molecular weight is 360 g/mol. The molecule has 0 unspecified atom stereocenters. The number of hydrogen-bond acceptors (Lipinski definition) is 1. The lowest BCUT2D eigenvalue weighted by Crippen LogP contribution is -1.77. The van der Waals surface area contributed by atoms with Crippen LogP contribution in [0.2, 0.25) is 5.02 Å². The van der Waals surface area contributed by atoms with Gasteiger partial charge in [-0.05, 0) is 49.6 Å². The van der Waals surface area contributed by atoms with Gasteiger partial charge in [0.2, 0.25) is 0 Å². The Morgan fingerprint density at radius 2 is 1.81 bits per heavy atom. The first kappa shape index (κ1) is 11.7. The Morgan fingerprint density at radius 3 is 2.31 bits per heavy atom. The predicted molar refractivity (Wildman–Crippen MR) is 71.4 cm³/mol. The van der Waals surface area contributed by atoms with Crippen LogP contribution in [0.5, 0.6) is 0 Å². The third-order valence-electron chi connectivity index (χ3n) is 2.14. The summed E-state index contributed by atoms with van der Waals surface area (Å²) in [6.45, 7) is 0. The Bertz CT molecular complexity index is 567. The molecule has 0 aliphatic carbocycles. The van der Waals surface area contributed by atoms with Crippen molar-refractivity contribution in [3.63, 3.8) is 0 Å². The zero-order valence-electron chi connectivity index (χ0n) is 7.89. The van der Waals surface area contributed by atoms with Crippen molar-refractivity contribution >= 4 is 43.5 Å². The van der Waals surface area contributed by atoms with Crippen molar-refractivity contribution in [3.8, 4) is 17.3 Å². The van der Waals surface area contributed by atoms with E-state index in [0.29, 0.717) is 15.2 Å². The van der Waals surface area contributed by atoms with Crippen molar-refractivity contribution in [2.24, 2.45) is 0 Å². The number of hydrogen-bond donors (Lipinski definition) is 1. The SMILES string of the molecule is N#Cc1c(Br)[nH]c(-c2ccc(Cl)cc2)c1Br. The van der Waals surface area contributed by atoms with Gasteiger partial charge in [0.15, 0.2) is 0 Å². The normalized spacial score (nSPS) is 10.1. The Kier molecular flexibility index (Phi) is 3.38. The molecular formula is C11H5Br2ClN2. The maximum absolute atomic E-state index is 8.95. The number of nitrogens with zero attached hydrogens (tertiary/aromatic N) is 1. The maximum atomic E-state index is 8.95. The summed E-state index contributed by atoms with van der Waals surface area (Å²) < 4.78 is 1.43. The number of nitriles is 1. The minimum Gasteiger partial charge on any atom is -0.347 e. The number of H-pyrrole nitrogens is 1. The average Bonchev–Trinajstić information content (AvgIpc) is 2.55. The Hall–Kier alpha value is -0.760. The summed E-state index contributed by atoms with van der Waals surface area (Å²) in [6.07, 6.45) is 0. The molecule has 0 atom stereocenters. The first-order valence-electron chi connectivity index (χ1n) is 4.36. The van der Waals surface area contributed by atoms with Crippen molar-refractivity contribution in [2.45, 2.75) is 0 Å². The van der Waals surface area contributed by atoms with Gasteiger partial charge in [-0.15, -0.1) is 0 Å². The lowest BCUT2D eigenvalue weighted by atomic mass is 10.1. The van der Waals surface area contributed by atoms with Gasteiger partial charge in [-0.25, -0.2) is 0 Å². The van der Waals surface area contributed by atoms with Crippen LogP contribution in [0.25, 0.3) is 11.3 Å². The zero-order chi connectivity index (χ0) is 11.7. The van der Waals surface area contributed by atoms with E-state index in [1.807, 2.05) is 24.3 Å². The van der Waals surface area contributed by atoms with Gasteiger partial charge in [0.25, 0.3) is 0 Å². The molecular weight excluding hydrogens is 355 g/mol. The minimum absolute atomic E-state index is 0.560. The summed E-state index contributed by atoms with van der Waals surface area (Å²) in [5, 5.41) is 9.64. The van der Waals surface area contributed by atoms with Gasteiger partial charge in [-0.3, -0.25) is 0 Å². The highest BCUT2D eigenvalue weighted by Crippen LogP contribution is 2.35. The van der Waals surface area contributed by atoms with E-state index in [0.717, 1.165) is 15.7 Å². The van der Waals surface area contributed by atoms with Gasteiger partial charge < -0.3 is 4.98 Å². The molecule has 0 amide bonds. The van der Waals surface area contributed by atoms with Crippen molar-refractivity contribution < 1.29 is 0 Å².